The van der Waals surface area contributed by atoms with Crippen LogP contribution in [0.5, 0.6) is 11.5 Å². The number of hydrogen-bond acceptors (Lipinski definition) is 3. The van der Waals surface area contributed by atoms with Crippen LogP contribution in [0.25, 0.3) is 10.8 Å². The van der Waals surface area contributed by atoms with Gasteiger partial charge in [0.15, 0.2) is 11.5 Å². The van der Waals surface area contributed by atoms with E-state index >= 15 is 0 Å². The van der Waals surface area contributed by atoms with E-state index in [0.717, 1.165) is 35.5 Å². The van der Waals surface area contributed by atoms with Crippen molar-refractivity contribution in [2.24, 2.45) is 0 Å². The number of unbranched alkanes of at least 4 members (excludes halogenated alkanes) is 1. The molecule has 2 rings (SSSR count). The molecule has 0 amide bonds. The van der Waals surface area contributed by atoms with Crippen molar-refractivity contribution in [3.8, 4) is 11.5 Å². The largest absolute Gasteiger partial charge is 0.492 e. The van der Waals surface area contributed by atoms with E-state index in [1.54, 1.807) is 14.2 Å². The average Bonchev–Trinajstić information content (AvgIpc) is 2.50. The molecule has 0 aliphatic carbocycles. The molecule has 1 N–H and O–H groups in total. The van der Waals surface area contributed by atoms with E-state index in [2.05, 4.69) is 30.4 Å². The van der Waals surface area contributed by atoms with Crippen LogP contribution in [0.1, 0.15) is 25.3 Å². The van der Waals surface area contributed by atoms with E-state index in [4.69, 9.17) is 9.47 Å². The van der Waals surface area contributed by atoms with Crippen LogP contribution >= 0.6 is 0 Å². The molecule has 0 fully saturated rings. The monoisotopic (exact) mass is 273 g/mol. The Morgan fingerprint density at radius 2 is 1.80 bits per heavy atom. The van der Waals surface area contributed by atoms with Gasteiger partial charge in [-0.3, -0.25) is 0 Å². The second-order valence-corrected chi connectivity index (χ2v) is 4.85. The Bertz CT molecular complexity index is 566. The fraction of sp³-hybridized carbons (Fsp3) is 0.412. The minimum absolute atomic E-state index is 0.796. The van der Waals surface area contributed by atoms with Gasteiger partial charge in [-0.2, -0.15) is 0 Å². The van der Waals surface area contributed by atoms with Gasteiger partial charge >= 0.3 is 0 Å². The molecule has 0 aliphatic heterocycles. The first-order chi connectivity index (χ1) is 9.81. The number of methoxy groups -OCH3 is 2. The van der Waals surface area contributed by atoms with Crippen LogP contribution in [0.15, 0.2) is 30.3 Å². The molecule has 3 nitrogen and oxygen atoms in total. The quantitative estimate of drug-likeness (QED) is 0.779. The fourth-order valence-electron chi connectivity index (χ4n) is 2.43. The van der Waals surface area contributed by atoms with Crippen molar-refractivity contribution in [3.63, 3.8) is 0 Å². The molecule has 2 aromatic rings. The van der Waals surface area contributed by atoms with Gasteiger partial charge in [0.2, 0.25) is 0 Å². The number of benzene rings is 2. The molecule has 108 valence electrons. The molecular formula is C17H23NO2. The van der Waals surface area contributed by atoms with Crippen LogP contribution in [-0.4, -0.2) is 20.8 Å². The minimum Gasteiger partial charge on any atom is -0.492 e. The van der Waals surface area contributed by atoms with Crippen molar-refractivity contribution >= 4 is 10.8 Å². The van der Waals surface area contributed by atoms with Crippen molar-refractivity contribution in [3.05, 3.63) is 35.9 Å². The Morgan fingerprint density at radius 3 is 2.50 bits per heavy atom. The van der Waals surface area contributed by atoms with E-state index in [-0.39, 0.29) is 0 Å². The zero-order chi connectivity index (χ0) is 14.4. The van der Waals surface area contributed by atoms with Crippen molar-refractivity contribution in [1.82, 2.24) is 5.32 Å². The summed E-state index contributed by atoms with van der Waals surface area (Å²) in [5, 5.41) is 5.72. The van der Waals surface area contributed by atoms with Gasteiger partial charge in [0.05, 0.1) is 14.2 Å². The molecule has 0 spiro atoms. The summed E-state index contributed by atoms with van der Waals surface area (Å²) in [6.45, 7) is 4.01. The zero-order valence-electron chi connectivity index (χ0n) is 12.5. The molecule has 0 atom stereocenters. The lowest BCUT2D eigenvalue weighted by molar-refractivity contribution is 0.354. The molecule has 0 unspecified atom stereocenters. The van der Waals surface area contributed by atoms with Gasteiger partial charge in [0.1, 0.15) is 0 Å². The third-order valence-electron chi connectivity index (χ3n) is 3.46. The smallest absolute Gasteiger partial charge is 0.168 e. The van der Waals surface area contributed by atoms with Crippen LogP contribution in [0.4, 0.5) is 0 Å². The summed E-state index contributed by atoms with van der Waals surface area (Å²) < 4.78 is 11.1. The van der Waals surface area contributed by atoms with Gasteiger partial charge in [-0.05, 0) is 24.4 Å². The average molecular weight is 273 g/mol. The number of ether oxygens (including phenoxy) is 2. The Hall–Kier alpha value is -1.74. The first-order valence-electron chi connectivity index (χ1n) is 7.15. The third-order valence-corrected chi connectivity index (χ3v) is 3.46. The Morgan fingerprint density at radius 1 is 1.05 bits per heavy atom. The second kappa shape index (κ2) is 7.15. The van der Waals surface area contributed by atoms with Crippen molar-refractivity contribution in [2.45, 2.75) is 26.3 Å². The van der Waals surface area contributed by atoms with Crippen LogP contribution in [-0.2, 0) is 6.54 Å². The molecule has 0 bridgehead atoms. The highest BCUT2D eigenvalue weighted by Gasteiger charge is 2.14. The van der Waals surface area contributed by atoms with Crippen LogP contribution in [0, 0.1) is 0 Å². The SMILES string of the molecule is CCCCNCc1cc2ccccc2c(OC)c1OC. The highest BCUT2D eigenvalue weighted by molar-refractivity contribution is 5.92. The minimum atomic E-state index is 0.796. The van der Waals surface area contributed by atoms with Crippen molar-refractivity contribution < 1.29 is 9.47 Å². The number of nitrogens with one attached hydrogen (secondary N) is 1. The lowest BCUT2D eigenvalue weighted by Crippen LogP contribution is -2.15. The standard InChI is InChI=1S/C17H23NO2/c1-4-5-10-18-12-14-11-13-8-6-7-9-15(13)17(20-3)16(14)19-2/h6-9,11,18H,4-5,10,12H2,1-3H3. The summed E-state index contributed by atoms with van der Waals surface area (Å²) in [6.07, 6.45) is 2.39. The molecule has 0 aromatic heterocycles. The first-order valence-corrected chi connectivity index (χ1v) is 7.15. The maximum Gasteiger partial charge on any atom is 0.168 e. The molecule has 0 aliphatic rings. The van der Waals surface area contributed by atoms with Gasteiger partial charge in [-0.1, -0.05) is 37.6 Å². The lowest BCUT2D eigenvalue weighted by atomic mass is 10.0. The summed E-state index contributed by atoms with van der Waals surface area (Å²) in [5.74, 6) is 1.65. The van der Waals surface area contributed by atoms with Crippen molar-refractivity contribution in [2.75, 3.05) is 20.8 Å². The van der Waals surface area contributed by atoms with Gasteiger partial charge in [-0.25, -0.2) is 0 Å². The summed E-state index contributed by atoms with van der Waals surface area (Å²) in [6, 6.07) is 10.4. The predicted octanol–water partition coefficient (Wildman–Crippen LogP) is 3.75. The summed E-state index contributed by atoms with van der Waals surface area (Å²) in [5.41, 5.74) is 1.14. The molecule has 3 heteroatoms. The van der Waals surface area contributed by atoms with E-state index in [1.165, 1.54) is 18.2 Å². The predicted molar refractivity (Wildman–Crippen MR) is 83.7 cm³/mol. The number of hydrogen-bond donors (Lipinski definition) is 1. The molecule has 0 radical (unpaired) electrons. The number of fused-ring (bicyclic) bond motifs is 1. The van der Waals surface area contributed by atoms with E-state index in [0.29, 0.717) is 0 Å². The molecule has 0 saturated heterocycles. The fourth-order valence-corrected chi connectivity index (χ4v) is 2.43. The summed E-state index contributed by atoms with van der Waals surface area (Å²) >= 11 is 0. The second-order valence-electron chi connectivity index (χ2n) is 4.85. The van der Waals surface area contributed by atoms with E-state index < -0.39 is 0 Å². The molecule has 0 heterocycles. The molecule has 20 heavy (non-hydrogen) atoms. The topological polar surface area (TPSA) is 30.5 Å². The maximum absolute atomic E-state index is 5.57. The van der Waals surface area contributed by atoms with Gasteiger partial charge in [-0.15, -0.1) is 0 Å². The lowest BCUT2D eigenvalue weighted by Gasteiger charge is -2.16. The molecule has 0 saturated carbocycles. The highest BCUT2D eigenvalue weighted by atomic mass is 16.5. The Kier molecular flexibility index (Phi) is 5.24. The van der Waals surface area contributed by atoms with E-state index in [9.17, 15) is 0 Å². The highest BCUT2D eigenvalue weighted by Crippen LogP contribution is 2.38. The number of rotatable bonds is 7. The normalized spacial score (nSPS) is 10.8. The zero-order valence-corrected chi connectivity index (χ0v) is 12.5. The van der Waals surface area contributed by atoms with Crippen molar-refractivity contribution in [1.29, 1.82) is 0 Å². The van der Waals surface area contributed by atoms with Crippen LogP contribution in [0.3, 0.4) is 0 Å². The summed E-state index contributed by atoms with van der Waals surface area (Å²) in [7, 11) is 3.39. The first kappa shape index (κ1) is 14.7. The van der Waals surface area contributed by atoms with Crippen LogP contribution in [0.2, 0.25) is 0 Å². The Labute approximate surface area is 120 Å². The van der Waals surface area contributed by atoms with E-state index in [1.807, 2.05) is 12.1 Å². The van der Waals surface area contributed by atoms with Gasteiger partial charge in [0, 0.05) is 17.5 Å². The van der Waals surface area contributed by atoms with Gasteiger partial charge < -0.3 is 14.8 Å². The molecule has 2 aromatic carbocycles. The van der Waals surface area contributed by atoms with Gasteiger partial charge in [0.25, 0.3) is 0 Å². The third kappa shape index (κ3) is 3.05. The summed E-state index contributed by atoms with van der Waals surface area (Å²) in [4.78, 5) is 0. The molecular weight excluding hydrogens is 250 g/mol. The Balaban J connectivity index is 2.37. The maximum atomic E-state index is 5.57. The van der Waals surface area contributed by atoms with Crippen LogP contribution < -0.4 is 14.8 Å².